The van der Waals surface area contributed by atoms with Gasteiger partial charge in [0.2, 0.25) is 5.91 Å². The molecule has 19 heavy (non-hydrogen) atoms. The summed E-state index contributed by atoms with van der Waals surface area (Å²) >= 11 is 5.76. The summed E-state index contributed by atoms with van der Waals surface area (Å²) in [5, 5.41) is 3.04. The number of nitrogens with one attached hydrogen (secondary N) is 1. The van der Waals surface area contributed by atoms with Gasteiger partial charge in [0, 0.05) is 6.07 Å². The second-order valence-corrected chi connectivity index (χ2v) is 5.06. The highest BCUT2D eigenvalue weighted by Gasteiger charge is 2.29. The lowest BCUT2D eigenvalue weighted by molar-refractivity contribution is -0.120. The third-order valence-electron chi connectivity index (χ3n) is 2.94. The molecule has 0 unspecified atom stereocenters. The van der Waals surface area contributed by atoms with Gasteiger partial charge in [-0.25, -0.2) is 9.97 Å². The van der Waals surface area contributed by atoms with Crippen molar-refractivity contribution in [1.29, 1.82) is 0 Å². The SMILES string of the molecule is CC(C)(C(=O)Nc1cc(Cl)ncn1)c1ccccc1. The minimum atomic E-state index is -0.654. The summed E-state index contributed by atoms with van der Waals surface area (Å²) in [6.07, 6.45) is 1.31. The second kappa shape index (κ2) is 5.36. The van der Waals surface area contributed by atoms with Crippen LogP contribution in [0.15, 0.2) is 42.7 Å². The molecule has 1 aromatic heterocycles. The third kappa shape index (κ3) is 3.09. The molecule has 0 saturated heterocycles. The maximum atomic E-state index is 12.3. The number of carbonyl (C=O) groups is 1. The zero-order valence-corrected chi connectivity index (χ0v) is 11.5. The molecule has 0 aliphatic rings. The molecule has 0 spiro atoms. The van der Waals surface area contributed by atoms with Crippen LogP contribution in [0.25, 0.3) is 0 Å². The van der Waals surface area contributed by atoms with Gasteiger partial charge in [0.25, 0.3) is 0 Å². The Balaban J connectivity index is 2.20. The summed E-state index contributed by atoms with van der Waals surface area (Å²) in [6, 6.07) is 11.1. The first-order chi connectivity index (χ1) is 9.00. The molecule has 5 heteroatoms. The first-order valence-electron chi connectivity index (χ1n) is 5.84. The second-order valence-electron chi connectivity index (χ2n) is 4.67. The topological polar surface area (TPSA) is 54.9 Å². The van der Waals surface area contributed by atoms with E-state index >= 15 is 0 Å². The van der Waals surface area contributed by atoms with Crippen molar-refractivity contribution in [2.75, 3.05) is 5.32 Å². The molecule has 0 fully saturated rings. The zero-order chi connectivity index (χ0) is 13.9. The lowest BCUT2D eigenvalue weighted by Crippen LogP contribution is -2.34. The standard InChI is InChI=1S/C14H14ClN3O/c1-14(2,10-6-4-3-5-7-10)13(19)18-12-8-11(15)16-9-17-12/h3-9H,1-2H3,(H,16,17,18,19). The van der Waals surface area contributed by atoms with E-state index in [1.54, 1.807) is 0 Å². The number of hydrogen-bond acceptors (Lipinski definition) is 3. The predicted molar refractivity (Wildman–Crippen MR) is 75.1 cm³/mol. The Kier molecular flexibility index (Phi) is 3.81. The molecular weight excluding hydrogens is 262 g/mol. The lowest BCUT2D eigenvalue weighted by atomic mass is 9.84. The van der Waals surface area contributed by atoms with E-state index in [1.165, 1.54) is 12.4 Å². The maximum absolute atomic E-state index is 12.3. The highest BCUT2D eigenvalue weighted by molar-refractivity contribution is 6.29. The number of nitrogens with zero attached hydrogens (tertiary/aromatic N) is 2. The van der Waals surface area contributed by atoms with Crippen LogP contribution in [0.2, 0.25) is 5.15 Å². The van der Waals surface area contributed by atoms with Gasteiger partial charge in [-0.05, 0) is 19.4 Å². The van der Waals surface area contributed by atoms with E-state index in [0.717, 1.165) is 5.56 Å². The van der Waals surface area contributed by atoms with Crippen molar-refractivity contribution in [3.05, 3.63) is 53.4 Å². The summed E-state index contributed by atoms with van der Waals surface area (Å²) in [4.78, 5) is 20.1. The molecule has 98 valence electrons. The monoisotopic (exact) mass is 275 g/mol. The number of carbonyl (C=O) groups excluding carboxylic acids is 1. The Hall–Kier alpha value is -1.94. The molecule has 1 heterocycles. The zero-order valence-electron chi connectivity index (χ0n) is 10.7. The van der Waals surface area contributed by atoms with Crippen LogP contribution >= 0.6 is 11.6 Å². The normalized spacial score (nSPS) is 11.1. The molecule has 2 rings (SSSR count). The van der Waals surface area contributed by atoms with Gasteiger partial charge >= 0.3 is 0 Å². The Morgan fingerprint density at radius 2 is 1.89 bits per heavy atom. The van der Waals surface area contributed by atoms with Gasteiger partial charge in [-0.2, -0.15) is 0 Å². The first kappa shape index (κ1) is 13.5. The fourth-order valence-corrected chi connectivity index (χ4v) is 1.81. The van der Waals surface area contributed by atoms with Gasteiger partial charge in [0.1, 0.15) is 17.3 Å². The van der Waals surface area contributed by atoms with Crippen LogP contribution in [0.4, 0.5) is 5.82 Å². The van der Waals surface area contributed by atoms with E-state index in [-0.39, 0.29) is 5.91 Å². The van der Waals surface area contributed by atoms with Crippen LogP contribution < -0.4 is 5.32 Å². The van der Waals surface area contributed by atoms with Gasteiger partial charge < -0.3 is 5.32 Å². The Morgan fingerprint density at radius 3 is 2.53 bits per heavy atom. The Bertz CT molecular complexity index is 584. The van der Waals surface area contributed by atoms with Crippen molar-refractivity contribution < 1.29 is 4.79 Å². The number of rotatable bonds is 3. The number of hydrogen-bond donors (Lipinski definition) is 1. The molecule has 0 atom stereocenters. The molecule has 1 N–H and O–H groups in total. The molecule has 0 saturated carbocycles. The molecule has 4 nitrogen and oxygen atoms in total. The van der Waals surface area contributed by atoms with Crippen molar-refractivity contribution in [2.45, 2.75) is 19.3 Å². The quantitative estimate of drug-likeness (QED) is 0.876. The molecule has 0 radical (unpaired) electrons. The average molecular weight is 276 g/mol. The maximum Gasteiger partial charge on any atom is 0.235 e. The van der Waals surface area contributed by atoms with Crippen LogP contribution in [0, 0.1) is 0 Å². The van der Waals surface area contributed by atoms with E-state index in [4.69, 9.17) is 11.6 Å². The van der Waals surface area contributed by atoms with E-state index in [9.17, 15) is 4.79 Å². The summed E-state index contributed by atoms with van der Waals surface area (Å²) in [6.45, 7) is 3.72. The van der Waals surface area contributed by atoms with Gasteiger partial charge in [-0.3, -0.25) is 4.79 Å². The molecule has 2 aromatic rings. The number of amides is 1. The van der Waals surface area contributed by atoms with Gasteiger partial charge in [0.05, 0.1) is 5.41 Å². The van der Waals surface area contributed by atoms with Gasteiger partial charge in [-0.15, -0.1) is 0 Å². The van der Waals surface area contributed by atoms with Crippen molar-refractivity contribution >= 4 is 23.3 Å². The molecule has 1 amide bonds. The van der Waals surface area contributed by atoms with Crippen molar-refractivity contribution in [2.24, 2.45) is 0 Å². The number of benzene rings is 1. The third-order valence-corrected chi connectivity index (χ3v) is 3.15. The number of anilines is 1. The van der Waals surface area contributed by atoms with Crippen LogP contribution in [0.5, 0.6) is 0 Å². The Morgan fingerprint density at radius 1 is 1.21 bits per heavy atom. The average Bonchev–Trinajstić information content (AvgIpc) is 2.39. The molecule has 1 aromatic carbocycles. The first-order valence-corrected chi connectivity index (χ1v) is 6.22. The molecule has 0 aliphatic carbocycles. The highest BCUT2D eigenvalue weighted by Crippen LogP contribution is 2.24. The van der Waals surface area contributed by atoms with Crippen LogP contribution in [0.1, 0.15) is 19.4 Å². The van der Waals surface area contributed by atoms with Gasteiger partial charge in [0.15, 0.2) is 0 Å². The molecule has 0 aliphatic heterocycles. The lowest BCUT2D eigenvalue weighted by Gasteiger charge is -2.23. The molecular formula is C14H14ClN3O. The fraction of sp³-hybridized carbons (Fsp3) is 0.214. The number of halogens is 1. The van der Waals surface area contributed by atoms with E-state index in [1.807, 2.05) is 44.2 Å². The van der Waals surface area contributed by atoms with Gasteiger partial charge in [-0.1, -0.05) is 41.9 Å². The smallest absolute Gasteiger partial charge is 0.235 e. The minimum Gasteiger partial charge on any atom is -0.310 e. The fourth-order valence-electron chi connectivity index (χ4n) is 1.66. The largest absolute Gasteiger partial charge is 0.310 e. The number of aromatic nitrogens is 2. The summed E-state index contributed by atoms with van der Waals surface area (Å²) < 4.78 is 0. The summed E-state index contributed by atoms with van der Waals surface area (Å²) in [7, 11) is 0. The van der Waals surface area contributed by atoms with Crippen molar-refractivity contribution in [1.82, 2.24) is 9.97 Å². The Labute approximate surface area is 116 Å². The van der Waals surface area contributed by atoms with Crippen LogP contribution in [0.3, 0.4) is 0 Å². The predicted octanol–water partition coefficient (Wildman–Crippen LogP) is 3.05. The summed E-state index contributed by atoms with van der Waals surface area (Å²) in [5.74, 6) is 0.252. The van der Waals surface area contributed by atoms with Crippen molar-refractivity contribution in [3.63, 3.8) is 0 Å². The molecule has 0 bridgehead atoms. The van der Waals surface area contributed by atoms with Crippen molar-refractivity contribution in [3.8, 4) is 0 Å². The van der Waals surface area contributed by atoms with E-state index in [0.29, 0.717) is 11.0 Å². The van der Waals surface area contributed by atoms with Crippen LogP contribution in [-0.2, 0) is 10.2 Å². The van der Waals surface area contributed by atoms with Crippen LogP contribution in [-0.4, -0.2) is 15.9 Å². The van der Waals surface area contributed by atoms with E-state index in [2.05, 4.69) is 15.3 Å². The van der Waals surface area contributed by atoms with E-state index < -0.39 is 5.41 Å². The minimum absolute atomic E-state index is 0.145. The summed E-state index contributed by atoms with van der Waals surface area (Å²) in [5.41, 5.74) is 0.284. The highest BCUT2D eigenvalue weighted by atomic mass is 35.5.